The van der Waals surface area contributed by atoms with Gasteiger partial charge < -0.3 is 19.3 Å². The number of amides is 1. The van der Waals surface area contributed by atoms with E-state index in [0.717, 1.165) is 30.2 Å². The van der Waals surface area contributed by atoms with E-state index in [1.54, 1.807) is 19.2 Å². The monoisotopic (exact) mass is 388 g/mol. The van der Waals surface area contributed by atoms with Crippen molar-refractivity contribution < 1.29 is 14.3 Å². The van der Waals surface area contributed by atoms with Crippen LogP contribution in [-0.2, 0) is 0 Å². The highest BCUT2D eigenvalue weighted by Gasteiger charge is 2.23. The molecule has 0 atom stereocenters. The fourth-order valence-electron chi connectivity index (χ4n) is 3.16. The molecule has 144 valence electrons. The SMILES string of the molecule is CCCOc1ccc(C(=O)N2CCN(c3cccc(Cl)c3)CC2)cc1OC. The lowest BCUT2D eigenvalue weighted by atomic mass is 10.1. The third-order valence-corrected chi connectivity index (χ3v) is 4.85. The number of ether oxygens (including phenoxy) is 2. The van der Waals surface area contributed by atoms with Crippen molar-refractivity contribution in [3.05, 3.63) is 53.1 Å². The average Bonchev–Trinajstić information content (AvgIpc) is 2.71. The van der Waals surface area contributed by atoms with Gasteiger partial charge in [-0.25, -0.2) is 0 Å². The minimum absolute atomic E-state index is 0.0149. The molecule has 5 nitrogen and oxygen atoms in total. The summed E-state index contributed by atoms with van der Waals surface area (Å²) in [5.41, 5.74) is 1.71. The Morgan fingerprint density at radius 1 is 1.07 bits per heavy atom. The molecule has 1 fully saturated rings. The summed E-state index contributed by atoms with van der Waals surface area (Å²) in [5.74, 6) is 1.27. The highest BCUT2D eigenvalue weighted by atomic mass is 35.5. The molecule has 1 amide bonds. The zero-order chi connectivity index (χ0) is 19.2. The van der Waals surface area contributed by atoms with Gasteiger partial charge in [-0.2, -0.15) is 0 Å². The van der Waals surface area contributed by atoms with Crippen molar-refractivity contribution in [1.29, 1.82) is 0 Å². The maximum Gasteiger partial charge on any atom is 0.254 e. The average molecular weight is 389 g/mol. The van der Waals surface area contributed by atoms with E-state index >= 15 is 0 Å². The van der Waals surface area contributed by atoms with Gasteiger partial charge in [0, 0.05) is 42.5 Å². The minimum Gasteiger partial charge on any atom is -0.493 e. The molecule has 0 radical (unpaired) electrons. The van der Waals surface area contributed by atoms with Crippen LogP contribution in [0, 0.1) is 0 Å². The molecule has 0 saturated carbocycles. The number of hydrogen-bond acceptors (Lipinski definition) is 4. The van der Waals surface area contributed by atoms with Crippen LogP contribution in [0.5, 0.6) is 11.5 Å². The molecule has 27 heavy (non-hydrogen) atoms. The maximum absolute atomic E-state index is 12.9. The molecule has 2 aromatic rings. The van der Waals surface area contributed by atoms with Gasteiger partial charge in [0.15, 0.2) is 11.5 Å². The zero-order valence-electron chi connectivity index (χ0n) is 15.8. The third kappa shape index (κ3) is 4.66. The van der Waals surface area contributed by atoms with E-state index in [1.807, 2.05) is 42.2 Å². The van der Waals surface area contributed by atoms with Crippen molar-refractivity contribution in [1.82, 2.24) is 4.90 Å². The van der Waals surface area contributed by atoms with Gasteiger partial charge in [-0.3, -0.25) is 4.79 Å². The smallest absolute Gasteiger partial charge is 0.254 e. The number of benzene rings is 2. The Kier molecular flexibility index (Phi) is 6.45. The Balaban J connectivity index is 1.65. The van der Waals surface area contributed by atoms with Crippen LogP contribution in [0.25, 0.3) is 0 Å². The molecule has 1 saturated heterocycles. The summed E-state index contributed by atoms with van der Waals surface area (Å²) >= 11 is 6.08. The van der Waals surface area contributed by atoms with Crippen LogP contribution in [-0.4, -0.2) is 50.7 Å². The van der Waals surface area contributed by atoms with Crippen molar-refractivity contribution in [3.8, 4) is 11.5 Å². The Labute approximate surface area is 165 Å². The summed E-state index contributed by atoms with van der Waals surface area (Å²) in [7, 11) is 1.59. The van der Waals surface area contributed by atoms with Crippen LogP contribution in [0.4, 0.5) is 5.69 Å². The zero-order valence-corrected chi connectivity index (χ0v) is 16.5. The number of carbonyl (C=O) groups is 1. The Morgan fingerprint density at radius 3 is 2.52 bits per heavy atom. The highest BCUT2D eigenvalue weighted by molar-refractivity contribution is 6.30. The van der Waals surface area contributed by atoms with E-state index in [9.17, 15) is 4.79 Å². The Hall–Kier alpha value is -2.40. The van der Waals surface area contributed by atoms with Crippen molar-refractivity contribution in [2.24, 2.45) is 0 Å². The molecule has 0 aliphatic carbocycles. The molecule has 0 unspecified atom stereocenters. The molecule has 2 aromatic carbocycles. The molecule has 0 aromatic heterocycles. The number of methoxy groups -OCH3 is 1. The molecular formula is C21H25ClN2O3. The van der Waals surface area contributed by atoms with Gasteiger partial charge in [-0.05, 0) is 42.8 Å². The van der Waals surface area contributed by atoms with Crippen LogP contribution in [0.3, 0.4) is 0 Å². The molecule has 1 aliphatic heterocycles. The second-order valence-corrected chi connectivity index (χ2v) is 6.91. The Bertz CT molecular complexity index is 789. The first-order valence-corrected chi connectivity index (χ1v) is 9.60. The summed E-state index contributed by atoms with van der Waals surface area (Å²) in [6.45, 7) is 5.56. The first-order chi connectivity index (χ1) is 13.1. The number of halogens is 1. The Morgan fingerprint density at radius 2 is 1.85 bits per heavy atom. The van der Waals surface area contributed by atoms with Gasteiger partial charge in [0.2, 0.25) is 0 Å². The van der Waals surface area contributed by atoms with Gasteiger partial charge >= 0.3 is 0 Å². The van der Waals surface area contributed by atoms with Crippen molar-refractivity contribution in [3.63, 3.8) is 0 Å². The number of carbonyl (C=O) groups excluding carboxylic acids is 1. The molecule has 1 aliphatic rings. The highest BCUT2D eigenvalue weighted by Crippen LogP contribution is 2.29. The van der Waals surface area contributed by atoms with E-state index in [2.05, 4.69) is 4.90 Å². The van der Waals surface area contributed by atoms with Crippen LogP contribution in [0.15, 0.2) is 42.5 Å². The molecule has 3 rings (SSSR count). The standard InChI is InChI=1S/C21H25ClN2O3/c1-3-13-27-19-8-7-16(14-20(19)26-2)21(25)24-11-9-23(10-12-24)18-6-4-5-17(22)15-18/h4-8,14-15H,3,9-13H2,1-2H3. The predicted molar refractivity (Wildman–Crippen MR) is 108 cm³/mol. The lowest BCUT2D eigenvalue weighted by Gasteiger charge is -2.36. The van der Waals surface area contributed by atoms with E-state index in [4.69, 9.17) is 21.1 Å². The minimum atomic E-state index is 0.0149. The second kappa shape index (κ2) is 9.00. The number of nitrogens with zero attached hydrogens (tertiary/aromatic N) is 2. The number of anilines is 1. The summed E-state index contributed by atoms with van der Waals surface area (Å²) in [4.78, 5) is 17.0. The molecular weight excluding hydrogens is 364 g/mol. The lowest BCUT2D eigenvalue weighted by molar-refractivity contribution is 0.0746. The fraction of sp³-hybridized carbons (Fsp3) is 0.381. The van der Waals surface area contributed by atoms with Gasteiger partial charge in [0.05, 0.1) is 13.7 Å². The third-order valence-electron chi connectivity index (χ3n) is 4.61. The van der Waals surface area contributed by atoms with Crippen LogP contribution in [0.1, 0.15) is 23.7 Å². The molecule has 0 bridgehead atoms. The molecule has 0 N–H and O–H groups in total. The van der Waals surface area contributed by atoms with Crippen LogP contribution < -0.4 is 14.4 Å². The van der Waals surface area contributed by atoms with Gasteiger partial charge in [0.1, 0.15) is 0 Å². The molecule has 1 heterocycles. The summed E-state index contributed by atoms with van der Waals surface area (Å²) < 4.78 is 11.1. The summed E-state index contributed by atoms with van der Waals surface area (Å²) in [6, 6.07) is 13.2. The van der Waals surface area contributed by atoms with Crippen molar-refractivity contribution in [2.45, 2.75) is 13.3 Å². The van der Waals surface area contributed by atoms with Crippen molar-refractivity contribution in [2.75, 3.05) is 44.8 Å². The summed E-state index contributed by atoms with van der Waals surface area (Å²) in [6.07, 6.45) is 0.917. The van der Waals surface area contributed by atoms with Gasteiger partial charge in [0.25, 0.3) is 5.91 Å². The van der Waals surface area contributed by atoms with Gasteiger partial charge in [-0.1, -0.05) is 24.6 Å². The second-order valence-electron chi connectivity index (χ2n) is 6.47. The van der Waals surface area contributed by atoms with E-state index in [-0.39, 0.29) is 5.91 Å². The number of hydrogen-bond donors (Lipinski definition) is 0. The van der Waals surface area contributed by atoms with Gasteiger partial charge in [-0.15, -0.1) is 0 Å². The first kappa shape index (κ1) is 19.4. The topological polar surface area (TPSA) is 42.0 Å². The van der Waals surface area contributed by atoms with Crippen molar-refractivity contribution >= 4 is 23.2 Å². The molecule has 6 heteroatoms. The summed E-state index contributed by atoms with van der Waals surface area (Å²) in [5, 5.41) is 0.725. The number of piperazine rings is 1. The predicted octanol–water partition coefficient (Wildman–Crippen LogP) is 4.10. The fourth-order valence-corrected chi connectivity index (χ4v) is 3.34. The van der Waals surface area contributed by atoms with E-state index in [1.165, 1.54) is 0 Å². The van der Waals surface area contributed by atoms with Crippen LogP contribution >= 0.6 is 11.6 Å². The van der Waals surface area contributed by atoms with Crippen LogP contribution in [0.2, 0.25) is 5.02 Å². The largest absolute Gasteiger partial charge is 0.493 e. The quantitative estimate of drug-likeness (QED) is 0.747. The maximum atomic E-state index is 12.9. The van der Waals surface area contributed by atoms with E-state index < -0.39 is 0 Å². The molecule has 0 spiro atoms. The normalized spacial score (nSPS) is 14.2. The lowest BCUT2D eigenvalue weighted by Crippen LogP contribution is -2.48. The number of rotatable bonds is 6. The first-order valence-electron chi connectivity index (χ1n) is 9.23. The van der Waals surface area contributed by atoms with E-state index in [0.29, 0.717) is 36.8 Å².